The lowest BCUT2D eigenvalue weighted by Crippen LogP contribution is -1.98. The van der Waals surface area contributed by atoms with Gasteiger partial charge in [-0.15, -0.1) is 0 Å². The minimum absolute atomic E-state index is 0.752. The van der Waals surface area contributed by atoms with E-state index in [1.54, 1.807) is 6.26 Å². The van der Waals surface area contributed by atoms with Crippen LogP contribution in [0.3, 0.4) is 0 Å². The molecule has 7 heavy (non-hydrogen) atoms. The molecule has 1 heterocycles. The Morgan fingerprint density at radius 3 is 3.00 bits per heavy atom. The van der Waals surface area contributed by atoms with Crippen molar-refractivity contribution < 1.29 is 4.74 Å². The zero-order valence-electron chi connectivity index (χ0n) is 4.22. The van der Waals surface area contributed by atoms with Crippen molar-refractivity contribution in [2.45, 2.75) is 6.92 Å². The van der Waals surface area contributed by atoms with Crippen LogP contribution >= 0.6 is 0 Å². The first-order valence-electron chi connectivity index (χ1n) is 2.22. The summed E-state index contributed by atoms with van der Waals surface area (Å²) in [6.07, 6.45) is 3.52. The second kappa shape index (κ2) is 1.78. The normalized spacial score (nSPS) is 18.1. The van der Waals surface area contributed by atoms with E-state index in [1.807, 2.05) is 13.0 Å². The Labute approximate surface area is 42.5 Å². The van der Waals surface area contributed by atoms with Gasteiger partial charge in [0.1, 0.15) is 0 Å². The molecule has 1 rings (SSSR count). The average Bonchev–Trinajstić information content (AvgIpc) is 1.69. The van der Waals surface area contributed by atoms with Crippen LogP contribution in [0.2, 0.25) is 0 Å². The first-order valence-corrected chi connectivity index (χ1v) is 2.22. The summed E-state index contributed by atoms with van der Waals surface area (Å²) in [4.78, 5) is 3.94. The summed E-state index contributed by atoms with van der Waals surface area (Å²) in [5, 5.41) is 0. The highest BCUT2D eigenvalue weighted by molar-refractivity contribution is 5.74. The van der Waals surface area contributed by atoms with E-state index in [0.29, 0.717) is 0 Å². The molecule has 2 heteroatoms. The molecule has 1 aliphatic rings. The van der Waals surface area contributed by atoms with Crippen molar-refractivity contribution in [2.24, 2.45) is 4.99 Å². The lowest BCUT2D eigenvalue weighted by atomic mass is 10.6. The predicted octanol–water partition coefficient (Wildman–Crippen LogP) is 0.949. The van der Waals surface area contributed by atoms with Crippen LogP contribution in [0, 0.1) is 0 Å². The number of hydrogen-bond donors (Lipinski definition) is 0. The van der Waals surface area contributed by atoms with Gasteiger partial charge in [-0.1, -0.05) is 0 Å². The minimum Gasteiger partial charge on any atom is -0.452 e. The third-order valence-corrected chi connectivity index (χ3v) is 0.754. The Bertz CT molecular complexity index is 115. The quantitative estimate of drug-likeness (QED) is 0.441. The molecule has 0 saturated carbocycles. The largest absolute Gasteiger partial charge is 0.452 e. The fourth-order valence-corrected chi connectivity index (χ4v) is 0.408. The summed E-state index contributed by atoms with van der Waals surface area (Å²) < 4.78 is 4.85. The van der Waals surface area contributed by atoms with Crippen LogP contribution < -0.4 is 0 Å². The van der Waals surface area contributed by atoms with E-state index in [0.717, 1.165) is 12.4 Å². The van der Waals surface area contributed by atoms with Gasteiger partial charge in [0.15, 0.2) is 5.90 Å². The second-order valence-corrected chi connectivity index (χ2v) is 1.35. The Balaban J connectivity index is 2.50. The molecule has 1 aliphatic heterocycles. The smallest absolute Gasteiger partial charge is 0.186 e. The third kappa shape index (κ3) is 1.03. The van der Waals surface area contributed by atoms with Gasteiger partial charge in [0.05, 0.1) is 12.8 Å². The molecular formula is C5H7NO. The van der Waals surface area contributed by atoms with Crippen molar-refractivity contribution in [3.63, 3.8) is 0 Å². The first-order chi connectivity index (χ1) is 3.39. The third-order valence-electron chi connectivity index (χ3n) is 0.754. The lowest BCUT2D eigenvalue weighted by molar-refractivity contribution is 0.456. The fourth-order valence-electron chi connectivity index (χ4n) is 0.408. The van der Waals surface area contributed by atoms with Crippen LogP contribution in [0.1, 0.15) is 6.92 Å². The molecule has 0 aromatic heterocycles. The highest BCUT2D eigenvalue weighted by Gasteiger charge is 1.88. The van der Waals surface area contributed by atoms with Crippen molar-refractivity contribution in [2.75, 3.05) is 6.54 Å². The standard InChI is InChI=1S/C5H7NO/c1-5-6-3-2-4-7-5/h2,4H,3H2,1H3. The summed E-state index contributed by atoms with van der Waals surface area (Å²) in [7, 11) is 0. The molecular weight excluding hydrogens is 90.1 g/mol. The molecule has 0 bridgehead atoms. The molecule has 0 atom stereocenters. The molecule has 0 amide bonds. The number of hydrogen-bond acceptors (Lipinski definition) is 2. The molecule has 0 saturated heterocycles. The zero-order chi connectivity index (χ0) is 5.11. The van der Waals surface area contributed by atoms with Gasteiger partial charge in [0.2, 0.25) is 0 Å². The van der Waals surface area contributed by atoms with E-state index in [1.165, 1.54) is 0 Å². The van der Waals surface area contributed by atoms with Crippen LogP contribution in [-0.2, 0) is 4.74 Å². The van der Waals surface area contributed by atoms with E-state index < -0.39 is 0 Å². The molecule has 0 aromatic rings. The SMILES string of the molecule is CC1=NCC=CO1. The molecule has 38 valence electrons. The van der Waals surface area contributed by atoms with Crippen LogP contribution in [-0.4, -0.2) is 12.4 Å². The van der Waals surface area contributed by atoms with Crippen LogP contribution in [0.4, 0.5) is 0 Å². The maximum absolute atomic E-state index is 4.85. The van der Waals surface area contributed by atoms with Crippen molar-refractivity contribution in [3.05, 3.63) is 12.3 Å². The molecule has 0 N–H and O–H groups in total. The topological polar surface area (TPSA) is 21.6 Å². The predicted molar refractivity (Wildman–Crippen MR) is 28.2 cm³/mol. The van der Waals surface area contributed by atoms with Gasteiger partial charge in [-0.25, -0.2) is 0 Å². The van der Waals surface area contributed by atoms with Gasteiger partial charge >= 0.3 is 0 Å². The summed E-state index contributed by atoms with van der Waals surface area (Å²) in [6.45, 7) is 2.61. The molecule has 2 nitrogen and oxygen atoms in total. The highest BCUT2D eigenvalue weighted by atomic mass is 16.5. The fraction of sp³-hybridized carbons (Fsp3) is 0.400. The van der Waals surface area contributed by atoms with E-state index in [9.17, 15) is 0 Å². The highest BCUT2D eigenvalue weighted by Crippen LogP contribution is 1.90. The van der Waals surface area contributed by atoms with E-state index >= 15 is 0 Å². The summed E-state index contributed by atoms with van der Waals surface area (Å²) in [5.74, 6) is 0.752. The lowest BCUT2D eigenvalue weighted by Gasteiger charge is -2.00. The van der Waals surface area contributed by atoms with Crippen LogP contribution in [0.25, 0.3) is 0 Å². The van der Waals surface area contributed by atoms with Crippen molar-refractivity contribution in [1.29, 1.82) is 0 Å². The Morgan fingerprint density at radius 1 is 1.86 bits per heavy atom. The second-order valence-electron chi connectivity index (χ2n) is 1.35. The molecule has 0 unspecified atom stereocenters. The molecule has 0 aromatic carbocycles. The maximum Gasteiger partial charge on any atom is 0.186 e. The molecule has 0 spiro atoms. The van der Waals surface area contributed by atoms with Gasteiger partial charge in [0.25, 0.3) is 0 Å². The number of ether oxygens (including phenoxy) is 1. The maximum atomic E-state index is 4.85. The zero-order valence-corrected chi connectivity index (χ0v) is 4.22. The van der Waals surface area contributed by atoms with Gasteiger partial charge in [-0.2, -0.15) is 0 Å². The molecule has 0 fully saturated rings. The van der Waals surface area contributed by atoms with Crippen LogP contribution in [0.5, 0.6) is 0 Å². The van der Waals surface area contributed by atoms with Gasteiger partial charge in [0, 0.05) is 6.92 Å². The summed E-state index contributed by atoms with van der Waals surface area (Å²) in [6, 6.07) is 0. The summed E-state index contributed by atoms with van der Waals surface area (Å²) in [5.41, 5.74) is 0. The van der Waals surface area contributed by atoms with Gasteiger partial charge in [-0.3, -0.25) is 4.99 Å². The van der Waals surface area contributed by atoms with Crippen LogP contribution in [0.15, 0.2) is 17.3 Å². The van der Waals surface area contributed by atoms with Crippen molar-refractivity contribution in [1.82, 2.24) is 0 Å². The van der Waals surface area contributed by atoms with E-state index in [2.05, 4.69) is 4.99 Å². The number of nitrogens with zero attached hydrogens (tertiary/aromatic N) is 1. The minimum atomic E-state index is 0.752. The number of aliphatic imine (C=N–C) groups is 1. The van der Waals surface area contributed by atoms with E-state index in [-0.39, 0.29) is 0 Å². The van der Waals surface area contributed by atoms with Crippen molar-refractivity contribution >= 4 is 5.90 Å². The van der Waals surface area contributed by atoms with Gasteiger partial charge < -0.3 is 4.74 Å². The number of rotatable bonds is 0. The Kier molecular flexibility index (Phi) is 1.11. The molecule has 0 aliphatic carbocycles. The summed E-state index contributed by atoms with van der Waals surface area (Å²) >= 11 is 0. The van der Waals surface area contributed by atoms with Crippen molar-refractivity contribution in [3.8, 4) is 0 Å². The average molecular weight is 97.1 g/mol. The first kappa shape index (κ1) is 4.37. The monoisotopic (exact) mass is 97.1 g/mol. The van der Waals surface area contributed by atoms with Gasteiger partial charge in [-0.05, 0) is 6.08 Å². The van der Waals surface area contributed by atoms with E-state index in [4.69, 9.17) is 4.74 Å². The Hall–Kier alpha value is -0.790. The Morgan fingerprint density at radius 2 is 2.71 bits per heavy atom. The molecule has 0 radical (unpaired) electrons.